The van der Waals surface area contributed by atoms with E-state index in [1.54, 1.807) is 12.1 Å². The van der Waals surface area contributed by atoms with E-state index in [-0.39, 0.29) is 28.6 Å². The summed E-state index contributed by atoms with van der Waals surface area (Å²) >= 11 is 0. The molecule has 2 rings (SSSR count). The smallest absolute Gasteiger partial charge is 0.269 e. The lowest BCUT2D eigenvalue weighted by Crippen LogP contribution is -2.31. The van der Waals surface area contributed by atoms with Crippen molar-refractivity contribution >= 4 is 15.9 Å². The van der Waals surface area contributed by atoms with E-state index in [1.807, 2.05) is 4.72 Å². The Kier molecular flexibility index (Phi) is 4.60. The highest BCUT2D eigenvalue weighted by molar-refractivity contribution is 7.90. The van der Waals surface area contributed by atoms with Crippen molar-refractivity contribution in [3.05, 3.63) is 47.1 Å². The number of nitrogens with one attached hydrogen (secondary N) is 1. The molecule has 0 fully saturated rings. The van der Waals surface area contributed by atoms with Crippen LogP contribution in [0.2, 0.25) is 0 Å². The van der Waals surface area contributed by atoms with Gasteiger partial charge >= 0.3 is 0 Å². The van der Waals surface area contributed by atoms with E-state index in [1.165, 1.54) is 26.0 Å². The summed E-state index contributed by atoms with van der Waals surface area (Å²) < 4.78 is 43.8. The van der Waals surface area contributed by atoms with Crippen molar-refractivity contribution in [2.75, 3.05) is 0 Å². The molecular weight excluding hydrogens is 311 g/mol. The maximum atomic E-state index is 12.8. The normalized spacial score (nSPS) is 11.4. The van der Waals surface area contributed by atoms with Gasteiger partial charge in [0.05, 0.1) is 0 Å². The van der Waals surface area contributed by atoms with Gasteiger partial charge in [0.15, 0.2) is 10.7 Å². The van der Waals surface area contributed by atoms with Gasteiger partial charge < -0.3 is 4.52 Å². The first-order chi connectivity index (χ1) is 10.3. The minimum absolute atomic E-state index is 0.0335. The van der Waals surface area contributed by atoms with Gasteiger partial charge in [-0.1, -0.05) is 17.3 Å². The monoisotopic (exact) mass is 326 g/mol. The molecule has 0 atom stereocenters. The van der Waals surface area contributed by atoms with Crippen molar-refractivity contribution in [3.8, 4) is 0 Å². The molecule has 22 heavy (non-hydrogen) atoms. The van der Waals surface area contributed by atoms with Crippen LogP contribution in [0.1, 0.15) is 23.4 Å². The van der Waals surface area contributed by atoms with Gasteiger partial charge in [-0.3, -0.25) is 4.79 Å². The van der Waals surface area contributed by atoms with Gasteiger partial charge in [-0.25, -0.2) is 17.5 Å². The number of rotatable bonds is 5. The second kappa shape index (κ2) is 6.27. The highest BCUT2D eigenvalue weighted by atomic mass is 32.2. The molecule has 0 saturated carbocycles. The summed E-state index contributed by atoms with van der Waals surface area (Å²) in [6.45, 7) is 2.94. The zero-order valence-electron chi connectivity index (χ0n) is 12.1. The fourth-order valence-electron chi connectivity index (χ4n) is 2.02. The zero-order chi connectivity index (χ0) is 16.3. The van der Waals surface area contributed by atoms with Crippen LogP contribution in [-0.4, -0.2) is 19.5 Å². The predicted molar refractivity (Wildman–Crippen MR) is 76.0 cm³/mol. The third kappa shape index (κ3) is 3.70. The second-order valence-corrected chi connectivity index (χ2v) is 6.43. The lowest BCUT2D eigenvalue weighted by Gasteiger charge is -2.06. The minimum Gasteiger partial charge on any atom is -0.360 e. The molecule has 0 aliphatic carbocycles. The molecule has 0 aliphatic rings. The highest BCUT2D eigenvalue weighted by Crippen LogP contribution is 2.18. The van der Waals surface area contributed by atoms with Crippen molar-refractivity contribution in [2.45, 2.75) is 31.6 Å². The molecular formula is C14H15FN2O4S. The maximum Gasteiger partial charge on any atom is 0.269 e. The highest BCUT2D eigenvalue weighted by Gasteiger charge is 2.25. The molecule has 0 saturated heterocycles. The minimum atomic E-state index is -4.00. The molecule has 0 unspecified atom stereocenters. The summed E-state index contributed by atoms with van der Waals surface area (Å²) in [5.74, 6) is -0.894. The van der Waals surface area contributed by atoms with Gasteiger partial charge in [0.25, 0.3) is 10.0 Å². The fourth-order valence-corrected chi connectivity index (χ4v) is 3.36. The van der Waals surface area contributed by atoms with E-state index in [0.29, 0.717) is 6.42 Å². The van der Waals surface area contributed by atoms with Crippen molar-refractivity contribution in [1.82, 2.24) is 9.88 Å². The Balaban J connectivity index is 2.01. The molecule has 1 amide bonds. The van der Waals surface area contributed by atoms with Gasteiger partial charge in [-0.2, -0.15) is 0 Å². The van der Waals surface area contributed by atoms with Gasteiger partial charge in [-0.15, -0.1) is 0 Å². The molecule has 0 radical (unpaired) electrons. The molecule has 0 spiro atoms. The van der Waals surface area contributed by atoms with Crippen LogP contribution in [0.5, 0.6) is 0 Å². The summed E-state index contributed by atoms with van der Waals surface area (Å²) in [4.78, 5) is 11.7. The number of nitrogens with zero attached hydrogens (tertiary/aromatic N) is 1. The first kappa shape index (κ1) is 16.2. The average molecular weight is 326 g/mol. The number of amides is 1. The molecule has 2 aromatic rings. The number of hydrogen-bond acceptors (Lipinski definition) is 5. The molecule has 118 valence electrons. The van der Waals surface area contributed by atoms with Crippen LogP contribution in [0.15, 0.2) is 33.7 Å². The average Bonchev–Trinajstić information content (AvgIpc) is 2.77. The number of carbonyl (C=O) groups excluding carboxylic acids is 1. The summed E-state index contributed by atoms with van der Waals surface area (Å²) in [7, 11) is -4.00. The van der Waals surface area contributed by atoms with Crippen LogP contribution in [0.3, 0.4) is 0 Å². The van der Waals surface area contributed by atoms with E-state index >= 15 is 0 Å². The second-order valence-electron chi connectivity index (χ2n) is 4.81. The summed E-state index contributed by atoms with van der Waals surface area (Å²) in [6, 6.07) is 5.67. The van der Waals surface area contributed by atoms with E-state index in [9.17, 15) is 17.6 Å². The number of hydrogen-bond donors (Lipinski definition) is 1. The number of carbonyl (C=O) groups is 1. The van der Waals surface area contributed by atoms with Crippen molar-refractivity contribution in [2.24, 2.45) is 0 Å². The molecule has 1 aromatic carbocycles. The predicted octanol–water partition coefficient (Wildman–Crippen LogP) is 1.87. The molecule has 1 heterocycles. The summed E-state index contributed by atoms with van der Waals surface area (Å²) in [5, 5.41) is 3.55. The molecule has 1 N–H and O–H groups in total. The van der Waals surface area contributed by atoms with Gasteiger partial charge in [0.2, 0.25) is 5.91 Å². The largest absolute Gasteiger partial charge is 0.360 e. The van der Waals surface area contributed by atoms with Gasteiger partial charge in [0, 0.05) is 6.42 Å². The Labute approximate surface area is 127 Å². The number of benzene rings is 1. The first-order valence-electron chi connectivity index (χ1n) is 6.52. The van der Waals surface area contributed by atoms with Gasteiger partial charge in [0.1, 0.15) is 11.5 Å². The van der Waals surface area contributed by atoms with Crippen LogP contribution < -0.4 is 4.72 Å². The Bertz CT molecular complexity index is 762. The molecule has 6 nitrogen and oxygen atoms in total. The van der Waals surface area contributed by atoms with E-state index < -0.39 is 15.9 Å². The third-order valence-electron chi connectivity index (χ3n) is 3.04. The fraction of sp³-hybridized carbons (Fsp3) is 0.286. The Morgan fingerprint density at radius 1 is 1.27 bits per heavy atom. The SMILES string of the molecule is Cc1noc(C)c1S(=O)(=O)NC(=O)CCc1ccc(F)cc1. The molecule has 0 bridgehead atoms. The van der Waals surface area contributed by atoms with Crippen LogP contribution in [0.25, 0.3) is 0 Å². The lowest BCUT2D eigenvalue weighted by molar-refractivity contribution is -0.119. The first-order valence-corrected chi connectivity index (χ1v) is 8.01. The van der Waals surface area contributed by atoms with Crippen LogP contribution in [0, 0.1) is 19.7 Å². The van der Waals surface area contributed by atoms with E-state index in [2.05, 4.69) is 5.16 Å². The standard InChI is InChI=1S/C14H15FN2O4S/c1-9-14(10(2)21-16-9)22(19,20)17-13(18)8-5-11-3-6-12(15)7-4-11/h3-4,6-7H,5,8H2,1-2H3,(H,17,18). The van der Waals surface area contributed by atoms with E-state index in [4.69, 9.17) is 4.52 Å². The van der Waals surface area contributed by atoms with Crippen LogP contribution in [0.4, 0.5) is 4.39 Å². The number of aromatic nitrogens is 1. The zero-order valence-corrected chi connectivity index (χ0v) is 12.9. The number of halogens is 1. The molecule has 0 aliphatic heterocycles. The molecule has 8 heteroatoms. The topological polar surface area (TPSA) is 89.3 Å². The van der Waals surface area contributed by atoms with Crippen LogP contribution >= 0.6 is 0 Å². The third-order valence-corrected chi connectivity index (χ3v) is 4.66. The summed E-state index contributed by atoms with van der Waals surface area (Å²) in [5.41, 5.74) is 0.933. The van der Waals surface area contributed by atoms with Crippen molar-refractivity contribution < 1.29 is 22.1 Å². The quantitative estimate of drug-likeness (QED) is 0.906. The van der Waals surface area contributed by atoms with Crippen molar-refractivity contribution in [1.29, 1.82) is 0 Å². The van der Waals surface area contributed by atoms with E-state index in [0.717, 1.165) is 5.56 Å². The molecule has 1 aromatic heterocycles. The Hall–Kier alpha value is -2.22. The van der Waals surface area contributed by atoms with Gasteiger partial charge in [-0.05, 0) is 38.0 Å². The maximum absolute atomic E-state index is 12.8. The van der Waals surface area contributed by atoms with Crippen LogP contribution in [-0.2, 0) is 21.2 Å². The summed E-state index contributed by atoms with van der Waals surface area (Å²) in [6.07, 6.45) is 0.275. The van der Waals surface area contributed by atoms with Crippen molar-refractivity contribution in [3.63, 3.8) is 0 Å². The number of sulfonamides is 1. The lowest BCUT2D eigenvalue weighted by atomic mass is 10.1. The number of aryl methyl sites for hydroxylation is 3. The Morgan fingerprint density at radius 2 is 1.91 bits per heavy atom. The Morgan fingerprint density at radius 3 is 2.45 bits per heavy atom.